The van der Waals surface area contributed by atoms with E-state index >= 15 is 0 Å². The van der Waals surface area contributed by atoms with E-state index in [1.165, 1.54) is 6.07 Å². The Bertz CT molecular complexity index is 433. The molecule has 1 saturated heterocycles. The van der Waals surface area contributed by atoms with Crippen molar-refractivity contribution in [3.05, 3.63) is 34.1 Å². The highest BCUT2D eigenvalue weighted by atomic mass is 19.1. The number of rotatable bonds is 4. The lowest BCUT2D eigenvalue weighted by Crippen LogP contribution is -2.24. The zero-order chi connectivity index (χ0) is 13.0. The summed E-state index contributed by atoms with van der Waals surface area (Å²) in [7, 11) is 0. The van der Waals surface area contributed by atoms with E-state index < -0.39 is 10.7 Å². The molecule has 1 fully saturated rings. The van der Waals surface area contributed by atoms with Gasteiger partial charge in [-0.2, -0.15) is 0 Å². The first-order chi connectivity index (χ1) is 8.66. The van der Waals surface area contributed by atoms with E-state index in [2.05, 4.69) is 5.32 Å². The summed E-state index contributed by atoms with van der Waals surface area (Å²) < 4.78 is 18.4. The molecule has 1 aromatic carbocycles. The van der Waals surface area contributed by atoms with Crippen LogP contribution < -0.4 is 5.32 Å². The molecule has 1 aliphatic rings. The standard InChI is InChI=1S/C12H15FN2O3/c13-10-3-4-12(15(16)17)11(6-10)14-7-9-2-1-5-18-8-9/h3-4,6,9,14H,1-2,5,7-8H2. The molecule has 0 amide bonds. The SMILES string of the molecule is O=[N+]([O-])c1ccc(F)cc1NCC1CCCOC1. The van der Waals surface area contributed by atoms with Gasteiger partial charge in [-0.25, -0.2) is 4.39 Å². The Morgan fingerprint density at radius 2 is 2.39 bits per heavy atom. The maximum atomic E-state index is 13.1. The summed E-state index contributed by atoms with van der Waals surface area (Å²) in [5.74, 6) is -0.162. The highest BCUT2D eigenvalue weighted by Crippen LogP contribution is 2.25. The van der Waals surface area contributed by atoms with Crippen LogP contribution >= 0.6 is 0 Å². The van der Waals surface area contributed by atoms with Gasteiger partial charge < -0.3 is 10.1 Å². The van der Waals surface area contributed by atoms with Gasteiger partial charge in [-0.3, -0.25) is 10.1 Å². The predicted octanol–water partition coefficient (Wildman–Crippen LogP) is 2.57. The van der Waals surface area contributed by atoms with E-state index in [0.29, 0.717) is 19.1 Å². The molecule has 1 atom stereocenters. The van der Waals surface area contributed by atoms with Gasteiger partial charge in [0.25, 0.3) is 5.69 Å². The molecular formula is C12H15FN2O3. The molecule has 1 aromatic rings. The number of nitro groups is 1. The number of nitrogens with zero attached hydrogens (tertiary/aromatic N) is 1. The van der Waals surface area contributed by atoms with E-state index in [1.54, 1.807) is 0 Å². The number of hydrogen-bond acceptors (Lipinski definition) is 4. The van der Waals surface area contributed by atoms with Crippen molar-refractivity contribution in [3.8, 4) is 0 Å². The summed E-state index contributed by atoms with van der Waals surface area (Å²) in [6.45, 7) is 1.98. The van der Waals surface area contributed by atoms with Crippen molar-refractivity contribution >= 4 is 11.4 Å². The molecule has 5 nitrogen and oxygen atoms in total. The molecular weight excluding hydrogens is 239 g/mol. The molecule has 1 N–H and O–H groups in total. The van der Waals surface area contributed by atoms with Gasteiger partial charge in [0.05, 0.1) is 11.5 Å². The number of nitrogens with one attached hydrogen (secondary N) is 1. The Morgan fingerprint density at radius 1 is 1.56 bits per heavy atom. The van der Waals surface area contributed by atoms with Crippen LogP contribution in [0.1, 0.15) is 12.8 Å². The van der Waals surface area contributed by atoms with Crippen LogP contribution in [0.25, 0.3) is 0 Å². The number of halogens is 1. The van der Waals surface area contributed by atoms with E-state index in [0.717, 1.165) is 31.6 Å². The van der Waals surface area contributed by atoms with Crippen LogP contribution in [0.15, 0.2) is 18.2 Å². The predicted molar refractivity (Wildman–Crippen MR) is 65.1 cm³/mol. The van der Waals surface area contributed by atoms with Crippen molar-refractivity contribution in [2.45, 2.75) is 12.8 Å². The second kappa shape index (κ2) is 5.77. The van der Waals surface area contributed by atoms with E-state index in [9.17, 15) is 14.5 Å². The summed E-state index contributed by atoms with van der Waals surface area (Å²) in [5.41, 5.74) is 0.124. The Labute approximate surface area is 104 Å². The van der Waals surface area contributed by atoms with Crippen molar-refractivity contribution in [1.82, 2.24) is 0 Å². The van der Waals surface area contributed by atoms with E-state index in [4.69, 9.17) is 4.74 Å². The van der Waals surface area contributed by atoms with Gasteiger partial charge in [-0.15, -0.1) is 0 Å². The van der Waals surface area contributed by atoms with Crippen LogP contribution in [0, 0.1) is 21.8 Å². The van der Waals surface area contributed by atoms with Gasteiger partial charge in [0.1, 0.15) is 11.5 Å². The number of ether oxygens (including phenoxy) is 1. The van der Waals surface area contributed by atoms with Crippen LogP contribution in [0.3, 0.4) is 0 Å². The fraction of sp³-hybridized carbons (Fsp3) is 0.500. The van der Waals surface area contributed by atoms with Crippen molar-refractivity contribution in [2.75, 3.05) is 25.1 Å². The average molecular weight is 254 g/mol. The minimum absolute atomic E-state index is 0.104. The van der Waals surface area contributed by atoms with Gasteiger partial charge >= 0.3 is 0 Å². The van der Waals surface area contributed by atoms with Crippen molar-refractivity contribution in [1.29, 1.82) is 0 Å². The molecule has 2 rings (SSSR count). The third-order valence-corrected chi connectivity index (χ3v) is 2.99. The van der Waals surface area contributed by atoms with Crippen molar-refractivity contribution in [3.63, 3.8) is 0 Å². The van der Waals surface area contributed by atoms with Gasteiger partial charge in [-0.1, -0.05) is 0 Å². The highest BCUT2D eigenvalue weighted by molar-refractivity contribution is 5.61. The third kappa shape index (κ3) is 3.16. The first-order valence-electron chi connectivity index (χ1n) is 5.92. The summed E-state index contributed by atoms with van der Waals surface area (Å²) >= 11 is 0. The summed E-state index contributed by atoms with van der Waals surface area (Å²) in [4.78, 5) is 10.3. The molecule has 1 heterocycles. The van der Waals surface area contributed by atoms with Gasteiger partial charge in [0, 0.05) is 25.3 Å². The lowest BCUT2D eigenvalue weighted by Gasteiger charge is -2.22. The average Bonchev–Trinajstić information content (AvgIpc) is 2.37. The van der Waals surface area contributed by atoms with Crippen LogP contribution in [0.2, 0.25) is 0 Å². The molecule has 18 heavy (non-hydrogen) atoms. The third-order valence-electron chi connectivity index (χ3n) is 2.99. The normalized spacial score (nSPS) is 19.5. The molecule has 0 aliphatic carbocycles. The van der Waals surface area contributed by atoms with Crippen molar-refractivity contribution in [2.24, 2.45) is 5.92 Å². The molecule has 98 valence electrons. The molecule has 0 aromatic heterocycles. The zero-order valence-corrected chi connectivity index (χ0v) is 9.89. The smallest absolute Gasteiger partial charge is 0.292 e. The number of benzene rings is 1. The Hall–Kier alpha value is -1.69. The van der Waals surface area contributed by atoms with Crippen LogP contribution in [0.4, 0.5) is 15.8 Å². The summed E-state index contributed by atoms with van der Waals surface area (Å²) in [6, 6.07) is 3.42. The largest absolute Gasteiger partial charge is 0.381 e. The lowest BCUT2D eigenvalue weighted by molar-refractivity contribution is -0.384. The Kier molecular flexibility index (Phi) is 4.09. The fourth-order valence-corrected chi connectivity index (χ4v) is 2.03. The minimum atomic E-state index is -0.515. The van der Waals surface area contributed by atoms with E-state index in [-0.39, 0.29) is 11.4 Å². The van der Waals surface area contributed by atoms with Gasteiger partial charge in [0.15, 0.2) is 0 Å². The van der Waals surface area contributed by atoms with Gasteiger partial charge in [-0.05, 0) is 24.8 Å². The molecule has 0 saturated carbocycles. The monoisotopic (exact) mass is 254 g/mol. The quantitative estimate of drug-likeness (QED) is 0.662. The topological polar surface area (TPSA) is 64.4 Å². The van der Waals surface area contributed by atoms with Crippen LogP contribution in [-0.4, -0.2) is 24.7 Å². The maximum absolute atomic E-state index is 13.1. The molecule has 0 spiro atoms. The van der Waals surface area contributed by atoms with E-state index in [1.807, 2.05) is 0 Å². The Morgan fingerprint density at radius 3 is 3.06 bits per heavy atom. The van der Waals surface area contributed by atoms with Gasteiger partial charge in [0.2, 0.25) is 0 Å². The molecule has 1 aliphatic heterocycles. The molecule has 1 unspecified atom stereocenters. The second-order valence-electron chi connectivity index (χ2n) is 4.38. The first-order valence-corrected chi connectivity index (χ1v) is 5.92. The molecule has 0 radical (unpaired) electrons. The lowest BCUT2D eigenvalue weighted by atomic mass is 10.0. The summed E-state index contributed by atoms with van der Waals surface area (Å²) in [5, 5.41) is 13.7. The van der Waals surface area contributed by atoms with Crippen LogP contribution in [0.5, 0.6) is 0 Å². The summed E-state index contributed by atoms with van der Waals surface area (Å²) in [6.07, 6.45) is 2.02. The number of anilines is 1. The molecule has 0 bridgehead atoms. The number of hydrogen-bond donors (Lipinski definition) is 1. The minimum Gasteiger partial charge on any atom is -0.381 e. The van der Waals surface area contributed by atoms with Crippen LogP contribution in [-0.2, 0) is 4.74 Å². The first kappa shape index (κ1) is 12.8. The number of nitro benzene ring substituents is 1. The zero-order valence-electron chi connectivity index (χ0n) is 9.89. The maximum Gasteiger partial charge on any atom is 0.292 e. The van der Waals surface area contributed by atoms with Crippen molar-refractivity contribution < 1.29 is 14.1 Å². The second-order valence-corrected chi connectivity index (χ2v) is 4.38. The Balaban J connectivity index is 2.03. The highest BCUT2D eigenvalue weighted by Gasteiger charge is 2.17. The fourth-order valence-electron chi connectivity index (χ4n) is 2.03. The molecule has 6 heteroatoms.